The van der Waals surface area contributed by atoms with Crippen molar-refractivity contribution in [2.24, 2.45) is 5.92 Å². The zero-order valence-corrected chi connectivity index (χ0v) is 15.4. The van der Waals surface area contributed by atoms with E-state index < -0.39 is 27.7 Å². The van der Waals surface area contributed by atoms with Crippen molar-refractivity contribution >= 4 is 33.2 Å². The monoisotopic (exact) mass is 396 g/mol. The smallest absolute Gasteiger partial charge is 0.243 e. The topological polar surface area (TPSA) is 66.5 Å². The zero-order chi connectivity index (χ0) is 18.7. The molecule has 1 atom stereocenters. The van der Waals surface area contributed by atoms with Crippen molar-refractivity contribution in [3.05, 3.63) is 59.4 Å². The molecule has 3 rings (SSSR count). The average molecular weight is 397 g/mol. The van der Waals surface area contributed by atoms with Crippen molar-refractivity contribution in [1.82, 2.24) is 4.31 Å². The maximum Gasteiger partial charge on any atom is 0.243 e. The van der Waals surface area contributed by atoms with Crippen molar-refractivity contribution in [3.8, 4) is 0 Å². The lowest BCUT2D eigenvalue weighted by Gasteiger charge is -2.31. The fourth-order valence-electron chi connectivity index (χ4n) is 2.94. The van der Waals surface area contributed by atoms with E-state index in [-0.39, 0.29) is 22.2 Å². The summed E-state index contributed by atoms with van der Waals surface area (Å²) < 4.78 is 40.6. The number of benzene rings is 2. The SMILES string of the molecule is O=C(Nc1ccc(Cl)cc1F)C1CCCN(S(=O)(=O)c2ccccc2)C1. The Morgan fingerprint density at radius 1 is 1.19 bits per heavy atom. The van der Waals surface area contributed by atoms with Crippen molar-refractivity contribution in [3.63, 3.8) is 0 Å². The van der Waals surface area contributed by atoms with Gasteiger partial charge in [-0.05, 0) is 43.2 Å². The summed E-state index contributed by atoms with van der Waals surface area (Å²) in [5.41, 5.74) is 0.0300. The number of halogens is 2. The van der Waals surface area contributed by atoms with Gasteiger partial charge in [0.25, 0.3) is 0 Å². The number of carbonyl (C=O) groups excluding carboxylic acids is 1. The highest BCUT2D eigenvalue weighted by molar-refractivity contribution is 7.89. The van der Waals surface area contributed by atoms with Crippen LogP contribution in [0.3, 0.4) is 0 Å². The average Bonchev–Trinajstić information content (AvgIpc) is 2.65. The molecule has 1 fully saturated rings. The van der Waals surface area contributed by atoms with Gasteiger partial charge in [0.05, 0.1) is 16.5 Å². The second kappa shape index (κ2) is 7.73. The molecule has 1 heterocycles. The Hall–Kier alpha value is -1.96. The Balaban J connectivity index is 1.73. The minimum Gasteiger partial charge on any atom is -0.323 e. The summed E-state index contributed by atoms with van der Waals surface area (Å²) in [7, 11) is -3.65. The van der Waals surface area contributed by atoms with Gasteiger partial charge in [0.2, 0.25) is 15.9 Å². The molecule has 1 unspecified atom stereocenters. The molecule has 5 nitrogen and oxygen atoms in total. The second-order valence-corrected chi connectivity index (χ2v) is 8.50. The van der Waals surface area contributed by atoms with Gasteiger partial charge in [0.15, 0.2) is 0 Å². The van der Waals surface area contributed by atoms with E-state index in [1.165, 1.54) is 28.6 Å². The van der Waals surface area contributed by atoms with Gasteiger partial charge < -0.3 is 5.32 Å². The number of rotatable bonds is 4. The Morgan fingerprint density at radius 3 is 2.62 bits per heavy atom. The van der Waals surface area contributed by atoms with E-state index in [1.807, 2.05) is 0 Å². The first-order chi connectivity index (χ1) is 12.4. The summed E-state index contributed by atoms with van der Waals surface area (Å²) in [6.07, 6.45) is 1.11. The highest BCUT2D eigenvalue weighted by atomic mass is 35.5. The quantitative estimate of drug-likeness (QED) is 0.859. The first-order valence-corrected chi connectivity index (χ1v) is 10.0. The predicted octanol–water partition coefficient (Wildman–Crippen LogP) is 3.52. The summed E-state index contributed by atoms with van der Waals surface area (Å²) in [5.74, 6) is -1.58. The third-order valence-corrected chi connectivity index (χ3v) is 6.44. The molecule has 1 aliphatic heterocycles. The summed E-state index contributed by atoms with van der Waals surface area (Å²) >= 11 is 5.70. The number of sulfonamides is 1. The normalized spacial score (nSPS) is 18.5. The van der Waals surface area contributed by atoms with Crippen LogP contribution in [-0.4, -0.2) is 31.7 Å². The Morgan fingerprint density at radius 2 is 1.92 bits per heavy atom. The first-order valence-electron chi connectivity index (χ1n) is 8.19. The number of nitrogens with one attached hydrogen (secondary N) is 1. The van der Waals surface area contributed by atoms with Gasteiger partial charge in [-0.3, -0.25) is 4.79 Å². The highest BCUT2D eigenvalue weighted by Gasteiger charge is 2.33. The summed E-state index contributed by atoms with van der Waals surface area (Å²) in [4.78, 5) is 12.7. The highest BCUT2D eigenvalue weighted by Crippen LogP contribution is 2.25. The van der Waals surface area contributed by atoms with Crippen LogP contribution in [0, 0.1) is 11.7 Å². The summed E-state index contributed by atoms with van der Waals surface area (Å²) in [5, 5.41) is 2.76. The van der Waals surface area contributed by atoms with Crippen LogP contribution in [0.1, 0.15) is 12.8 Å². The molecule has 1 N–H and O–H groups in total. The van der Waals surface area contributed by atoms with Gasteiger partial charge >= 0.3 is 0 Å². The number of nitrogens with zero attached hydrogens (tertiary/aromatic N) is 1. The standard InChI is InChI=1S/C18H18ClFN2O3S/c19-14-8-9-17(16(20)11-14)21-18(23)13-5-4-10-22(12-13)26(24,25)15-6-2-1-3-7-15/h1-3,6-9,11,13H,4-5,10,12H2,(H,21,23). The number of piperidine rings is 1. The molecule has 0 saturated carbocycles. The number of hydrogen-bond acceptors (Lipinski definition) is 3. The lowest BCUT2D eigenvalue weighted by molar-refractivity contribution is -0.120. The molecule has 2 aromatic carbocycles. The van der Waals surface area contributed by atoms with Crippen LogP contribution in [0.5, 0.6) is 0 Å². The van der Waals surface area contributed by atoms with E-state index in [1.54, 1.807) is 18.2 Å². The molecular formula is C18H18ClFN2O3S. The van der Waals surface area contributed by atoms with Gasteiger partial charge in [-0.15, -0.1) is 0 Å². The number of anilines is 1. The minimum atomic E-state index is -3.65. The van der Waals surface area contributed by atoms with Crippen LogP contribution in [0.15, 0.2) is 53.4 Å². The number of amides is 1. The maximum atomic E-state index is 13.9. The lowest BCUT2D eigenvalue weighted by atomic mass is 9.98. The third kappa shape index (κ3) is 4.06. The van der Waals surface area contributed by atoms with Gasteiger partial charge in [0.1, 0.15) is 5.82 Å². The van der Waals surface area contributed by atoms with E-state index in [9.17, 15) is 17.6 Å². The van der Waals surface area contributed by atoms with E-state index in [4.69, 9.17) is 11.6 Å². The molecule has 1 amide bonds. The number of hydrogen-bond donors (Lipinski definition) is 1. The largest absolute Gasteiger partial charge is 0.323 e. The summed E-state index contributed by atoms with van der Waals surface area (Å²) in [6, 6.07) is 12.1. The molecule has 138 valence electrons. The zero-order valence-electron chi connectivity index (χ0n) is 13.9. The van der Waals surface area contributed by atoms with Gasteiger partial charge in [-0.2, -0.15) is 4.31 Å². The van der Waals surface area contributed by atoms with Gasteiger partial charge in [-0.25, -0.2) is 12.8 Å². The van der Waals surface area contributed by atoms with Crippen molar-refractivity contribution in [2.75, 3.05) is 18.4 Å². The molecule has 0 bridgehead atoms. The molecule has 0 spiro atoms. The van der Waals surface area contributed by atoms with E-state index >= 15 is 0 Å². The van der Waals surface area contributed by atoms with Crippen LogP contribution in [0.2, 0.25) is 5.02 Å². The minimum absolute atomic E-state index is 0.0300. The number of carbonyl (C=O) groups is 1. The molecule has 0 aromatic heterocycles. The van der Waals surface area contributed by atoms with Crippen molar-refractivity contribution in [1.29, 1.82) is 0 Å². The van der Waals surface area contributed by atoms with Crippen LogP contribution in [-0.2, 0) is 14.8 Å². The maximum absolute atomic E-state index is 13.9. The predicted molar refractivity (Wildman–Crippen MR) is 98.0 cm³/mol. The van der Waals surface area contributed by atoms with Crippen LogP contribution in [0.4, 0.5) is 10.1 Å². The molecular weight excluding hydrogens is 379 g/mol. The molecule has 2 aromatic rings. The van der Waals surface area contributed by atoms with Crippen molar-refractivity contribution in [2.45, 2.75) is 17.7 Å². The molecule has 0 radical (unpaired) electrons. The van der Waals surface area contributed by atoms with Crippen LogP contribution >= 0.6 is 11.6 Å². The molecule has 1 saturated heterocycles. The van der Waals surface area contributed by atoms with Crippen molar-refractivity contribution < 1.29 is 17.6 Å². The lowest BCUT2D eigenvalue weighted by Crippen LogP contribution is -2.43. The fraction of sp³-hybridized carbons (Fsp3) is 0.278. The molecule has 1 aliphatic rings. The molecule has 0 aliphatic carbocycles. The second-order valence-electron chi connectivity index (χ2n) is 6.13. The molecule has 8 heteroatoms. The van der Waals surface area contributed by atoms with Crippen LogP contribution < -0.4 is 5.32 Å². The third-order valence-electron chi connectivity index (χ3n) is 4.32. The Kier molecular flexibility index (Phi) is 5.60. The van der Waals surface area contributed by atoms with E-state index in [0.717, 1.165) is 6.07 Å². The first kappa shape index (κ1) is 18.8. The Labute approximate surface area is 156 Å². The van der Waals surface area contributed by atoms with Gasteiger partial charge in [-0.1, -0.05) is 29.8 Å². The molecule has 26 heavy (non-hydrogen) atoms. The Bertz CT molecular complexity index is 906. The van der Waals surface area contributed by atoms with E-state index in [2.05, 4.69) is 5.32 Å². The summed E-state index contributed by atoms with van der Waals surface area (Å²) in [6.45, 7) is 0.425. The fourth-order valence-corrected chi connectivity index (χ4v) is 4.65. The van der Waals surface area contributed by atoms with Crippen LogP contribution in [0.25, 0.3) is 0 Å². The van der Waals surface area contributed by atoms with E-state index in [0.29, 0.717) is 19.4 Å². The van der Waals surface area contributed by atoms with Gasteiger partial charge in [0, 0.05) is 18.1 Å².